The first-order chi connectivity index (χ1) is 12.6. The zero-order valence-electron chi connectivity index (χ0n) is 15.0. The van der Waals surface area contributed by atoms with E-state index in [2.05, 4.69) is 5.32 Å². The summed E-state index contributed by atoms with van der Waals surface area (Å²) in [7, 11) is 0. The minimum atomic E-state index is -5.11. The highest BCUT2D eigenvalue weighted by atomic mass is 32.1. The van der Waals surface area contributed by atoms with Crippen LogP contribution in [0.5, 0.6) is 0 Å². The lowest BCUT2D eigenvalue weighted by Crippen LogP contribution is -2.37. The van der Waals surface area contributed by atoms with E-state index in [9.17, 15) is 27.6 Å². The van der Waals surface area contributed by atoms with Gasteiger partial charge in [0.2, 0.25) is 0 Å². The van der Waals surface area contributed by atoms with Crippen LogP contribution in [0, 0.1) is 6.92 Å². The molecule has 150 valence electrons. The summed E-state index contributed by atoms with van der Waals surface area (Å²) >= 11 is 0.602. The van der Waals surface area contributed by atoms with E-state index >= 15 is 0 Å². The van der Waals surface area contributed by atoms with Crippen LogP contribution in [0.15, 0.2) is 0 Å². The highest BCUT2D eigenvalue weighted by molar-refractivity contribution is 7.18. The number of amides is 2. The molecular formula is C17H21F3N2O4S. The molecule has 0 radical (unpaired) electrons. The van der Waals surface area contributed by atoms with Crippen molar-refractivity contribution in [2.24, 2.45) is 0 Å². The number of anilines is 1. The van der Waals surface area contributed by atoms with E-state index in [4.69, 9.17) is 4.74 Å². The molecule has 2 N–H and O–H groups in total. The fourth-order valence-electron chi connectivity index (χ4n) is 2.94. The third-order valence-corrected chi connectivity index (χ3v) is 5.45. The number of carbonyl (C=O) groups is 3. The van der Waals surface area contributed by atoms with Gasteiger partial charge in [0.05, 0.1) is 12.2 Å². The molecule has 1 fully saturated rings. The largest absolute Gasteiger partial charge is 0.471 e. The molecule has 1 heterocycles. The zero-order chi connectivity index (χ0) is 20.2. The van der Waals surface area contributed by atoms with Gasteiger partial charge >= 0.3 is 18.1 Å². The van der Waals surface area contributed by atoms with Crippen LogP contribution >= 0.6 is 11.3 Å². The number of thiophene rings is 1. The molecule has 1 aromatic rings. The molecule has 27 heavy (non-hydrogen) atoms. The molecule has 6 nitrogen and oxygen atoms in total. The number of hydrogen-bond acceptors (Lipinski definition) is 5. The van der Waals surface area contributed by atoms with Crippen molar-refractivity contribution in [1.29, 1.82) is 0 Å². The second-order valence-corrected chi connectivity index (χ2v) is 7.26. The van der Waals surface area contributed by atoms with Gasteiger partial charge in [0.25, 0.3) is 5.91 Å². The van der Waals surface area contributed by atoms with Crippen molar-refractivity contribution in [3.05, 3.63) is 16.0 Å². The summed E-state index contributed by atoms with van der Waals surface area (Å²) in [6.45, 7) is 3.11. The smallest absolute Gasteiger partial charge is 0.462 e. The maximum absolute atomic E-state index is 12.7. The third-order valence-electron chi connectivity index (χ3n) is 4.26. The van der Waals surface area contributed by atoms with Crippen LogP contribution in [0.1, 0.15) is 64.6 Å². The lowest BCUT2D eigenvalue weighted by atomic mass is 9.95. The Kier molecular flexibility index (Phi) is 6.85. The molecule has 1 aliphatic carbocycles. The number of halogens is 3. The molecule has 2 amide bonds. The van der Waals surface area contributed by atoms with Crippen molar-refractivity contribution in [3.8, 4) is 0 Å². The van der Waals surface area contributed by atoms with E-state index in [0.717, 1.165) is 32.1 Å². The average Bonchev–Trinajstić information content (AvgIpc) is 2.91. The molecule has 0 unspecified atom stereocenters. The molecule has 0 bridgehead atoms. The predicted molar refractivity (Wildman–Crippen MR) is 94.0 cm³/mol. The zero-order valence-corrected chi connectivity index (χ0v) is 15.8. The third kappa shape index (κ3) is 5.21. The Balaban J connectivity index is 2.34. The van der Waals surface area contributed by atoms with Crippen LogP contribution in [0.3, 0.4) is 0 Å². The van der Waals surface area contributed by atoms with Gasteiger partial charge in [0.15, 0.2) is 0 Å². The Morgan fingerprint density at radius 3 is 2.37 bits per heavy atom. The molecule has 0 spiro atoms. The van der Waals surface area contributed by atoms with Gasteiger partial charge in [0.1, 0.15) is 9.88 Å². The summed E-state index contributed by atoms with van der Waals surface area (Å²) < 4.78 is 42.8. The second-order valence-electron chi connectivity index (χ2n) is 6.24. The summed E-state index contributed by atoms with van der Waals surface area (Å²) in [5, 5.41) is 4.19. The van der Waals surface area contributed by atoms with Crippen LogP contribution in [-0.2, 0) is 9.53 Å². The summed E-state index contributed by atoms with van der Waals surface area (Å²) in [6, 6.07) is -0.0808. The van der Waals surface area contributed by atoms with Crippen LogP contribution in [0.25, 0.3) is 0 Å². The molecule has 0 saturated heterocycles. The van der Waals surface area contributed by atoms with Crippen molar-refractivity contribution in [2.45, 2.75) is 58.2 Å². The number of ether oxygens (including phenoxy) is 1. The SMILES string of the molecule is CCOC(=O)c1sc(NC(=O)C(F)(F)F)c(C(=O)NC2CCCCC2)c1C. The van der Waals surface area contributed by atoms with Crippen LogP contribution < -0.4 is 10.6 Å². The van der Waals surface area contributed by atoms with Gasteiger partial charge in [-0.3, -0.25) is 9.59 Å². The first-order valence-corrected chi connectivity index (χ1v) is 9.46. The molecule has 0 aromatic carbocycles. The number of nitrogens with one attached hydrogen (secondary N) is 2. The lowest BCUT2D eigenvalue weighted by molar-refractivity contribution is -0.167. The van der Waals surface area contributed by atoms with Crippen molar-refractivity contribution in [1.82, 2.24) is 5.32 Å². The highest BCUT2D eigenvalue weighted by Crippen LogP contribution is 2.35. The Morgan fingerprint density at radius 1 is 1.19 bits per heavy atom. The van der Waals surface area contributed by atoms with E-state index in [-0.39, 0.29) is 33.7 Å². The Bertz CT molecular complexity index is 724. The predicted octanol–water partition coefficient (Wildman–Crippen LogP) is 3.80. The quantitative estimate of drug-likeness (QED) is 0.729. The van der Waals surface area contributed by atoms with Gasteiger partial charge in [-0.25, -0.2) is 4.79 Å². The van der Waals surface area contributed by atoms with Crippen LogP contribution in [-0.4, -0.2) is 36.6 Å². The summed E-state index contributed by atoms with van der Waals surface area (Å²) in [4.78, 5) is 36.1. The molecule has 1 saturated carbocycles. The first-order valence-electron chi connectivity index (χ1n) is 8.64. The van der Waals surface area contributed by atoms with Crippen molar-refractivity contribution in [3.63, 3.8) is 0 Å². The molecular weight excluding hydrogens is 385 g/mol. The fraction of sp³-hybridized carbons (Fsp3) is 0.588. The molecule has 0 aliphatic heterocycles. The monoisotopic (exact) mass is 406 g/mol. The standard InChI is InChI=1S/C17H21F3N2O4S/c1-3-26-15(24)12-9(2)11(13(23)21-10-7-5-4-6-8-10)14(27-12)22-16(25)17(18,19)20/h10H,3-8H2,1-2H3,(H,21,23)(H,22,25). The van der Waals surface area contributed by atoms with Gasteiger partial charge in [-0.1, -0.05) is 19.3 Å². The molecule has 2 rings (SSSR count). The summed E-state index contributed by atoms with van der Waals surface area (Å²) in [6.07, 6.45) is -0.560. The lowest BCUT2D eigenvalue weighted by Gasteiger charge is -2.23. The van der Waals surface area contributed by atoms with E-state index in [1.165, 1.54) is 6.92 Å². The van der Waals surface area contributed by atoms with Gasteiger partial charge in [-0.15, -0.1) is 11.3 Å². The number of carbonyl (C=O) groups excluding carboxylic acids is 3. The molecule has 10 heteroatoms. The van der Waals surface area contributed by atoms with E-state index < -0.39 is 24.0 Å². The second kappa shape index (κ2) is 8.73. The Labute approximate surface area is 158 Å². The maximum atomic E-state index is 12.7. The fourth-order valence-corrected chi connectivity index (χ4v) is 4.04. The number of hydrogen-bond donors (Lipinski definition) is 2. The molecule has 1 aliphatic rings. The van der Waals surface area contributed by atoms with Gasteiger partial charge in [0, 0.05) is 6.04 Å². The van der Waals surface area contributed by atoms with Crippen molar-refractivity contribution in [2.75, 3.05) is 11.9 Å². The van der Waals surface area contributed by atoms with Gasteiger partial charge in [-0.05, 0) is 32.3 Å². The van der Waals surface area contributed by atoms with Gasteiger partial charge < -0.3 is 15.4 Å². The number of alkyl halides is 3. The normalized spacial score (nSPS) is 15.3. The van der Waals surface area contributed by atoms with Gasteiger partial charge in [-0.2, -0.15) is 13.2 Å². The number of esters is 1. The van der Waals surface area contributed by atoms with E-state index in [0.29, 0.717) is 11.3 Å². The maximum Gasteiger partial charge on any atom is 0.471 e. The van der Waals surface area contributed by atoms with E-state index in [1.807, 2.05) is 0 Å². The molecule has 0 atom stereocenters. The first kappa shape index (κ1) is 21.2. The highest BCUT2D eigenvalue weighted by Gasteiger charge is 2.40. The Hall–Kier alpha value is -2.10. The van der Waals surface area contributed by atoms with Crippen LogP contribution in [0.4, 0.5) is 18.2 Å². The van der Waals surface area contributed by atoms with Crippen LogP contribution in [0.2, 0.25) is 0 Å². The van der Waals surface area contributed by atoms with Crippen molar-refractivity contribution >= 4 is 34.1 Å². The Morgan fingerprint density at radius 2 is 1.81 bits per heavy atom. The van der Waals surface area contributed by atoms with Crippen molar-refractivity contribution < 1.29 is 32.3 Å². The molecule has 1 aromatic heterocycles. The van der Waals surface area contributed by atoms with E-state index in [1.54, 1.807) is 12.2 Å². The minimum Gasteiger partial charge on any atom is -0.462 e. The average molecular weight is 406 g/mol. The number of rotatable bonds is 5. The minimum absolute atomic E-state index is 0.0110. The summed E-state index contributed by atoms with van der Waals surface area (Å²) in [5.41, 5.74) is 0.0514. The topological polar surface area (TPSA) is 84.5 Å². The summed E-state index contributed by atoms with van der Waals surface area (Å²) in [5.74, 6) is -3.56.